The highest BCUT2D eigenvalue weighted by Gasteiger charge is 2.31. The first-order valence-corrected chi connectivity index (χ1v) is 10.1. The van der Waals surface area contributed by atoms with Crippen LogP contribution in [0.25, 0.3) is 0 Å². The maximum absolute atomic E-state index is 11.9. The third kappa shape index (κ3) is 6.24. The molecule has 3 N–H and O–H groups in total. The molecule has 1 aromatic rings. The first-order chi connectivity index (χ1) is 13.1. The molecule has 0 aromatic heterocycles. The number of rotatable bonds is 7. The largest absolute Gasteiger partial charge is 0.449 e. The van der Waals surface area contributed by atoms with Crippen molar-refractivity contribution in [2.75, 3.05) is 11.9 Å². The minimum Gasteiger partial charge on any atom is -0.449 e. The van der Waals surface area contributed by atoms with E-state index in [1.165, 1.54) is 38.5 Å². The molecule has 2 aliphatic carbocycles. The average molecular weight is 374 g/mol. The molecule has 0 spiro atoms. The highest BCUT2D eigenvalue weighted by Crippen LogP contribution is 2.43. The van der Waals surface area contributed by atoms with Gasteiger partial charge in [0.2, 0.25) is 5.91 Å². The Morgan fingerprint density at radius 1 is 1.07 bits per heavy atom. The van der Waals surface area contributed by atoms with Crippen LogP contribution in [0.15, 0.2) is 24.3 Å². The molecule has 0 saturated heterocycles. The predicted octanol–water partition coefficient (Wildman–Crippen LogP) is 4.28. The molecular weight excluding hydrogens is 344 g/mol. The number of amides is 2. The number of carbonyl (C=O) groups is 2. The molecule has 1 aromatic carbocycles. The lowest BCUT2D eigenvalue weighted by Gasteiger charge is -2.39. The van der Waals surface area contributed by atoms with Gasteiger partial charge in [0.15, 0.2) is 0 Å². The molecule has 2 fully saturated rings. The van der Waals surface area contributed by atoms with Gasteiger partial charge in [0.25, 0.3) is 0 Å². The molecule has 6 heteroatoms. The van der Waals surface area contributed by atoms with Crippen LogP contribution >= 0.6 is 0 Å². The van der Waals surface area contributed by atoms with Crippen molar-refractivity contribution in [3.63, 3.8) is 0 Å². The SMILES string of the molecule is O=C(Cc1ccc(NC(=O)OCCCC2CC3CCCC(C2)C3)cc1)NO. The van der Waals surface area contributed by atoms with Crippen molar-refractivity contribution in [1.29, 1.82) is 0 Å². The van der Waals surface area contributed by atoms with Crippen LogP contribution in [0.4, 0.5) is 10.5 Å². The summed E-state index contributed by atoms with van der Waals surface area (Å²) in [7, 11) is 0. The first-order valence-electron chi connectivity index (χ1n) is 10.1. The van der Waals surface area contributed by atoms with Gasteiger partial charge in [-0.2, -0.15) is 0 Å². The van der Waals surface area contributed by atoms with Gasteiger partial charge in [0.05, 0.1) is 13.0 Å². The van der Waals surface area contributed by atoms with Gasteiger partial charge in [-0.25, -0.2) is 10.3 Å². The number of hydrogen-bond donors (Lipinski definition) is 3. The highest BCUT2D eigenvalue weighted by molar-refractivity contribution is 5.84. The maximum atomic E-state index is 11.9. The third-order valence-electron chi connectivity index (χ3n) is 5.90. The Morgan fingerprint density at radius 2 is 1.78 bits per heavy atom. The first kappa shape index (κ1) is 19.7. The molecule has 2 bridgehead atoms. The van der Waals surface area contributed by atoms with Crippen molar-refractivity contribution in [2.45, 2.75) is 57.8 Å². The van der Waals surface area contributed by atoms with Crippen molar-refractivity contribution in [3.05, 3.63) is 29.8 Å². The fraction of sp³-hybridized carbons (Fsp3) is 0.619. The number of ether oxygens (including phenoxy) is 1. The van der Waals surface area contributed by atoms with Crippen molar-refractivity contribution in [2.24, 2.45) is 17.8 Å². The summed E-state index contributed by atoms with van der Waals surface area (Å²) in [5.41, 5.74) is 2.96. The van der Waals surface area contributed by atoms with E-state index in [1.807, 2.05) is 0 Å². The van der Waals surface area contributed by atoms with Gasteiger partial charge in [-0.3, -0.25) is 15.3 Å². The molecule has 2 aliphatic rings. The second-order valence-electron chi connectivity index (χ2n) is 8.05. The minimum atomic E-state index is -0.475. The van der Waals surface area contributed by atoms with Crippen LogP contribution in [0.5, 0.6) is 0 Å². The van der Waals surface area contributed by atoms with Crippen LogP contribution in [-0.4, -0.2) is 23.8 Å². The molecule has 2 unspecified atom stereocenters. The molecule has 2 atom stereocenters. The number of hydroxylamine groups is 1. The van der Waals surface area contributed by atoms with Crippen LogP contribution in [0.1, 0.15) is 56.9 Å². The predicted molar refractivity (Wildman–Crippen MR) is 102 cm³/mol. The lowest BCUT2D eigenvalue weighted by molar-refractivity contribution is -0.128. The van der Waals surface area contributed by atoms with E-state index in [4.69, 9.17) is 9.94 Å². The van der Waals surface area contributed by atoms with Gasteiger partial charge in [0, 0.05) is 5.69 Å². The van der Waals surface area contributed by atoms with E-state index in [2.05, 4.69) is 5.32 Å². The lowest BCUT2D eigenvalue weighted by atomic mass is 9.67. The van der Waals surface area contributed by atoms with Crippen molar-refractivity contribution in [1.82, 2.24) is 5.48 Å². The van der Waals surface area contributed by atoms with Gasteiger partial charge in [0.1, 0.15) is 0 Å². The Morgan fingerprint density at radius 3 is 2.44 bits per heavy atom. The standard InChI is InChI=1S/C21H30N2O4/c24-20(23-26)14-15-6-8-19(9-7-15)22-21(25)27-10-2-5-18-12-16-3-1-4-17(11-16)13-18/h6-9,16-18,26H,1-5,10-14H2,(H,22,25)(H,23,24). The van der Waals surface area contributed by atoms with Gasteiger partial charge >= 0.3 is 6.09 Å². The second-order valence-corrected chi connectivity index (χ2v) is 8.05. The van der Waals surface area contributed by atoms with E-state index in [9.17, 15) is 9.59 Å². The number of fused-ring (bicyclic) bond motifs is 2. The zero-order chi connectivity index (χ0) is 19.1. The Labute approximate surface area is 160 Å². The summed E-state index contributed by atoms with van der Waals surface area (Å²) in [6, 6.07) is 6.87. The smallest absolute Gasteiger partial charge is 0.411 e. The van der Waals surface area contributed by atoms with E-state index in [1.54, 1.807) is 29.7 Å². The maximum Gasteiger partial charge on any atom is 0.411 e. The summed E-state index contributed by atoms with van der Waals surface area (Å²) in [4.78, 5) is 23.0. The Balaban J connectivity index is 1.32. The summed E-state index contributed by atoms with van der Waals surface area (Å²) in [5.74, 6) is 2.22. The summed E-state index contributed by atoms with van der Waals surface area (Å²) in [6.45, 7) is 0.451. The van der Waals surface area contributed by atoms with E-state index < -0.39 is 12.0 Å². The van der Waals surface area contributed by atoms with Crippen molar-refractivity contribution < 1.29 is 19.5 Å². The molecule has 148 valence electrons. The number of carbonyl (C=O) groups excluding carboxylic acids is 2. The number of anilines is 1. The van der Waals surface area contributed by atoms with Gasteiger partial charge < -0.3 is 4.74 Å². The normalized spacial score (nSPS) is 24.1. The van der Waals surface area contributed by atoms with E-state index in [0.29, 0.717) is 12.3 Å². The van der Waals surface area contributed by atoms with E-state index in [0.717, 1.165) is 36.2 Å². The molecule has 0 heterocycles. The van der Waals surface area contributed by atoms with E-state index >= 15 is 0 Å². The molecule has 2 amide bonds. The topological polar surface area (TPSA) is 87.7 Å². The lowest BCUT2D eigenvalue weighted by Crippen LogP contribution is -2.27. The molecule has 0 radical (unpaired) electrons. The van der Waals surface area contributed by atoms with E-state index in [-0.39, 0.29) is 6.42 Å². The quantitative estimate of drug-likeness (QED) is 0.378. The summed E-state index contributed by atoms with van der Waals surface area (Å²) in [5, 5.41) is 11.2. The highest BCUT2D eigenvalue weighted by atomic mass is 16.5. The zero-order valence-corrected chi connectivity index (χ0v) is 15.8. The summed E-state index contributed by atoms with van der Waals surface area (Å²) >= 11 is 0. The molecule has 0 aliphatic heterocycles. The van der Waals surface area contributed by atoms with Gasteiger partial charge in [-0.1, -0.05) is 31.4 Å². The number of nitrogens with one attached hydrogen (secondary N) is 2. The molecule has 2 saturated carbocycles. The molecule has 3 rings (SSSR count). The monoisotopic (exact) mass is 374 g/mol. The van der Waals surface area contributed by atoms with Crippen LogP contribution < -0.4 is 10.8 Å². The number of benzene rings is 1. The average Bonchev–Trinajstić information content (AvgIpc) is 2.66. The Hall–Kier alpha value is -2.08. The Bertz CT molecular complexity index is 620. The minimum absolute atomic E-state index is 0.0874. The van der Waals surface area contributed by atoms with Gasteiger partial charge in [-0.15, -0.1) is 0 Å². The Kier molecular flexibility index (Phi) is 7.10. The van der Waals surface area contributed by atoms with Crippen LogP contribution in [0.3, 0.4) is 0 Å². The van der Waals surface area contributed by atoms with Crippen LogP contribution in [-0.2, 0) is 16.0 Å². The summed E-state index contributed by atoms with van der Waals surface area (Å²) in [6.07, 6.45) is 10.1. The fourth-order valence-corrected chi connectivity index (χ4v) is 4.73. The molecular formula is C21H30N2O4. The third-order valence-corrected chi connectivity index (χ3v) is 5.90. The van der Waals surface area contributed by atoms with Gasteiger partial charge in [-0.05, 0) is 67.6 Å². The zero-order valence-electron chi connectivity index (χ0n) is 15.8. The van der Waals surface area contributed by atoms with Crippen LogP contribution in [0.2, 0.25) is 0 Å². The van der Waals surface area contributed by atoms with Crippen molar-refractivity contribution in [3.8, 4) is 0 Å². The van der Waals surface area contributed by atoms with Crippen LogP contribution in [0, 0.1) is 17.8 Å². The fourth-order valence-electron chi connectivity index (χ4n) is 4.73. The molecule has 27 heavy (non-hydrogen) atoms. The second kappa shape index (κ2) is 9.74. The van der Waals surface area contributed by atoms with Crippen molar-refractivity contribution >= 4 is 17.7 Å². The number of hydrogen-bond acceptors (Lipinski definition) is 4. The molecule has 6 nitrogen and oxygen atoms in total. The summed E-state index contributed by atoms with van der Waals surface area (Å²) < 4.78 is 5.30.